The smallest absolute Gasteiger partial charge is 0.338 e. The molecule has 2 N–H and O–H groups in total. The highest BCUT2D eigenvalue weighted by molar-refractivity contribution is 7.99. The molecule has 0 fully saturated rings. The molecule has 0 bridgehead atoms. The topological polar surface area (TPSA) is 133 Å². The van der Waals surface area contributed by atoms with Gasteiger partial charge < -0.3 is 28.6 Å². The maximum atomic E-state index is 12.6. The van der Waals surface area contributed by atoms with Crippen LogP contribution in [-0.4, -0.2) is 34.6 Å². The summed E-state index contributed by atoms with van der Waals surface area (Å²) in [4.78, 5) is 24.8. The van der Waals surface area contributed by atoms with Crippen molar-refractivity contribution in [3.05, 3.63) is 53.5 Å². The van der Waals surface area contributed by atoms with Crippen LogP contribution in [0.1, 0.15) is 24.5 Å². The van der Waals surface area contributed by atoms with Gasteiger partial charge in [-0.15, -0.1) is 10.2 Å². The number of esters is 1. The van der Waals surface area contributed by atoms with E-state index in [1.54, 1.807) is 32.0 Å². The number of rotatable bonds is 7. The number of nitrogens with one attached hydrogen (secondary N) is 2. The van der Waals surface area contributed by atoms with Crippen LogP contribution >= 0.6 is 11.8 Å². The van der Waals surface area contributed by atoms with E-state index in [1.807, 2.05) is 0 Å². The van der Waals surface area contributed by atoms with E-state index in [1.165, 1.54) is 24.3 Å². The number of aryl methyl sites for hydroxylation is 1. The van der Waals surface area contributed by atoms with Crippen LogP contribution in [0.15, 0.2) is 60.5 Å². The van der Waals surface area contributed by atoms with Crippen LogP contribution in [0.5, 0.6) is 0 Å². The first kappa shape index (κ1) is 19.8. The summed E-state index contributed by atoms with van der Waals surface area (Å²) in [6, 6.07) is 3.87. The van der Waals surface area contributed by atoms with Gasteiger partial charge in [0.05, 0.1) is 30.3 Å². The Morgan fingerprint density at radius 2 is 2.13 bits per heavy atom. The van der Waals surface area contributed by atoms with E-state index in [2.05, 4.69) is 20.8 Å². The SMILES string of the molecule is CCOC(=O)C1=C(CSc2nnc(-c3ccoc3C)o2)NC(=O)N[C@H]1c1ccco1. The number of thioether (sulfide) groups is 1. The molecule has 0 unspecified atom stereocenters. The van der Waals surface area contributed by atoms with Gasteiger partial charge in [-0.3, -0.25) is 0 Å². The average molecular weight is 430 g/mol. The maximum absolute atomic E-state index is 12.6. The molecule has 156 valence electrons. The molecule has 1 atom stereocenters. The number of nitrogens with zero attached hydrogens (tertiary/aromatic N) is 2. The van der Waals surface area contributed by atoms with Crippen molar-refractivity contribution >= 4 is 23.8 Å². The van der Waals surface area contributed by atoms with Crippen molar-refractivity contribution in [2.24, 2.45) is 0 Å². The van der Waals surface area contributed by atoms with Crippen molar-refractivity contribution in [3.8, 4) is 11.5 Å². The Bertz CT molecular complexity index is 1080. The van der Waals surface area contributed by atoms with E-state index in [9.17, 15) is 9.59 Å². The van der Waals surface area contributed by atoms with E-state index >= 15 is 0 Å². The predicted octanol–water partition coefficient (Wildman–Crippen LogP) is 3.19. The summed E-state index contributed by atoms with van der Waals surface area (Å²) in [6.45, 7) is 3.70. The molecule has 0 radical (unpaired) electrons. The second-order valence-corrected chi connectivity index (χ2v) is 7.14. The minimum absolute atomic E-state index is 0.193. The molecule has 0 saturated carbocycles. The predicted molar refractivity (Wildman–Crippen MR) is 104 cm³/mol. The molecule has 1 aliphatic heterocycles. The van der Waals surface area contributed by atoms with Gasteiger partial charge in [-0.1, -0.05) is 11.8 Å². The standard InChI is InChI=1S/C19H18N4O6S/c1-3-26-17(24)14-12(20-18(25)21-15(14)13-5-4-7-28-13)9-30-19-23-22-16(29-19)11-6-8-27-10(11)2/h4-8,15H,3,9H2,1-2H3,(H2,20,21,25)/t15-/m0/s1. The van der Waals surface area contributed by atoms with E-state index in [0.717, 1.165) is 0 Å². The summed E-state index contributed by atoms with van der Waals surface area (Å²) >= 11 is 1.18. The third-order valence-corrected chi connectivity index (χ3v) is 5.16. The van der Waals surface area contributed by atoms with Gasteiger partial charge in [0, 0.05) is 11.4 Å². The molecule has 10 nitrogen and oxygen atoms in total. The van der Waals surface area contributed by atoms with Gasteiger partial charge in [0.15, 0.2) is 0 Å². The minimum atomic E-state index is -0.768. The quantitative estimate of drug-likeness (QED) is 0.428. The molecule has 0 spiro atoms. The number of furan rings is 2. The Morgan fingerprint density at radius 1 is 1.27 bits per heavy atom. The van der Waals surface area contributed by atoms with Crippen LogP contribution in [0.3, 0.4) is 0 Å². The summed E-state index contributed by atoms with van der Waals surface area (Å²) in [5.41, 5.74) is 1.33. The number of urea groups is 1. The average Bonchev–Trinajstić information content (AvgIpc) is 3.47. The Morgan fingerprint density at radius 3 is 2.83 bits per heavy atom. The van der Waals surface area contributed by atoms with Crippen LogP contribution in [0.2, 0.25) is 0 Å². The van der Waals surface area contributed by atoms with Crippen LogP contribution in [0, 0.1) is 6.92 Å². The number of hydrogen-bond acceptors (Lipinski definition) is 9. The highest BCUT2D eigenvalue weighted by Gasteiger charge is 2.35. The molecule has 0 aromatic carbocycles. The molecule has 3 aromatic rings. The molecule has 4 heterocycles. The third kappa shape index (κ3) is 3.96. The lowest BCUT2D eigenvalue weighted by atomic mass is 10.0. The molecule has 1 aliphatic rings. The largest absolute Gasteiger partial charge is 0.469 e. The highest BCUT2D eigenvalue weighted by atomic mass is 32.2. The first-order valence-electron chi connectivity index (χ1n) is 9.08. The minimum Gasteiger partial charge on any atom is -0.469 e. The molecule has 4 rings (SSSR count). The Kier molecular flexibility index (Phi) is 5.61. The maximum Gasteiger partial charge on any atom is 0.338 e. The summed E-state index contributed by atoms with van der Waals surface area (Å²) in [7, 11) is 0. The fraction of sp³-hybridized carbons (Fsp3) is 0.263. The van der Waals surface area contributed by atoms with Crippen molar-refractivity contribution in [2.75, 3.05) is 12.4 Å². The van der Waals surface area contributed by atoms with Crippen molar-refractivity contribution in [3.63, 3.8) is 0 Å². The Hall–Kier alpha value is -3.47. The first-order chi connectivity index (χ1) is 14.6. The third-order valence-electron chi connectivity index (χ3n) is 4.31. The molecule has 11 heteroatoms. The first-order valence-corrected chi connectivity index (χ1v) is 10.1. The number of carbonyl (C=O) groups excluding carboxylic acids is 2. The molecule has 3 aromatic heterocycles. The Balaban J connectivity index is 1.60. The second-order valence-electron chi connectivity index (χ2n) is 6.21. The fourth-order valence-corrected chi connectivity index (χ4v) is 3.70. The van der Waals surface area contributed by atoms with Crippen LogP contribution < -0.4 is 10.6 Å². The Labute approximate surface area is 175 Å². The lowest BCUT2D eigenvalue weighted by Crippen LogP contribution is -2.46. The van der Waals surface area contributed by atoms with Gasteiger partial charge in [-0.05, 0) is 32.0 Å². The van der Waals surface area contributed by atoms with Gasteiger partial charge in [0.2, 0.25) is 0 Å². The molecular formula is C19H18N4O6S. The van der Waals surface area contributed by atoms with Crippen LogP contribution in [0.4, 0.5) is 4.79 Å². The monoisotopic (exact) mass is 430 g/mol. The van der Waals surface area contributed by atoms with Gasteiger partial charge in [-0.2, -0.15) is 0 Å². The highest BCUT2D eigenvalue weighted by Crippen LogP contribution is 2.32. The molecule has 2 amide bonds. The van der Waals surface area contributed by atoms with Gasteiger partial charge >= 0.3 is 12.0 Å². The van der Waals surface area contributed by atoms with E-state index in [4.69, 9.17) is 18.0 Å². The number of aromatic nitrogens is 2. The van der Waals surface area contributed by atoms with Crippen LogP contribution in [0.25, 0.3) is 11.5 Å². The summed E-state index contributed by atoms with van der Waals surface area (Å²) in [5, 5.41) is 13.7. The summed E-state index contributed by atoms with van der Waals surface area (Å²) in [6.07, 6.45) is 3.01. The van der Waals surface area contributed by atoms with Crippen molar-refractivity contribution < 1.29 is 27.6 Å². The van der Waals surface area contributed by atoms with Gasteiger partial charge in [0.1, 0.15) is 17.6 Å². The number of ether oxygens (including phenoxy) is 1. The molecule has 0 saturated heterocycles. The summed E-state index contributed by atoms with van der Waals surface area (Å²) in [5.74, 6) is 1.05. The second kappa shape index (κ2) is 8.49. The summed E-state index contributed by atoms with van der Waals surface area (Å²) < 4.78 is 21.5. The van der Waals surface area contributed by atoms with E-state index < -0.39 is 18.0 Å². The molecule has 0 aliphatic carbocycles. The number of amides is 2. The van der Waals surface area contributed by atoms with E-state index in [-0.39, 0.29) is 23.2 Å². The van der Waals surface area contributed by atoms with E-state index in [0.29, 0.717) is 28.7 Å². The number of hydrogen-bond donors (Lipinski definition) is 2. The lowest BCUT2D eigenvalue weighted by Gasteiger charge is -2.27. The van der Waals surface area contributed by atoms with Crippen molar-refractivity contribution in [1.29, 1.82) is 0 Å². The van der Waals surface area contributed by atoms with Crippen LogP contribution in [-0.2, 0) is 9.53 Å². The number of carbonyl (C=O) groups is 2. The normalized spacial score (nSPS) is 16.3. The zero-order chi connectivity index (χ0) is 21.1. The van der Waals surface area contributed by atoms with Crippen molar-refractivity contribution in [1.82, 2.24) is 20.8 Å². The zero-order valence-electron chi connectivity index (χ0n) is 16.1. The lowest BCUT2D eigenvalue weighted by molar-refractivity contribution is -0.139. The van der Waals surface area contributed by atoms with Gasteiger partial charge in [0.25, 0.3) is 11.1 Å². The molecule has 30 heavy (non-hydrogen) atoms. The zero-order valence-corrected chi connectivity index (χ0v) is 16.9. The molecular weight excluding hydrogens is 412 g/mol. The van der Waals surface area contributed by atoms with Crippen molar-refractivity contribution in [2.45, 2.75) is 25.1 Å². The fourth-order valence-electron chi connectivity index (χ4n) is 2.97. The van der Waals surface area contributed by atoms with Gasteiger partial charge in [-0.25, -0.2) is 9.59 Å².